The van der Waals surface area contributed by atoms with Crippen LogP contribution in [0.5, 0.6) is 0 Å². The Morgan fingerprint density at radius 1 is 1.26 bits per heavy atom. The lowest BCUT2D eigenvalue weighted by molar-refractivity contribution is -0.128. The van der Waals surface area contributed by atoms with Crippen molar-refractivity contribution in [2.75, 3.05) is 26.2 Å². The lowest BCUT2D eigenvalue weighted by atomic mass is 10.0. The van der Waals surface area contributed by atoms with Gasteiger partial charge >= 0.3 is 0 Å². The molecule has 0 spiro atoms. The van der Waals surface area contributed by atoms with Gasteiger partial charge in [-0.15, -0.1) is 0 Å². The zero-order valence-electron chi connectivity index (χ0n) is 18.8. The van der Waals surface area contributed by atoms with Gasteiger partial charge in [0.1, 0.15) is 0 Å². The van der Waals surface area contributed by atoms with E-state index < -0.39 is 0 Å². The highest BCUT2D eigenvalue weighted by Gasteiger charge is 2.25. The maximum Gasteiger partial charge on any atom is 0.222 e. The summed E-state index contributed by atoms with van der Waals surface area (Å²) in [6.45, 7) is 7.27. The van der Waals surface area contributed by atoms with Gasteiger partial charge in [-0.05, 0) is 48.8 Å². The van der Waals surface area contributed by atoms with Crippen LogP contribution < -0.4 is 5.32 Å². The first kappa shape index (κ1) is 21.4. The summed E-state index contributed by atoms with van der Waals surface area (Å²) in [5.41, 5.74) is 3.68. The average molecular weight is 423 g/mol. The van der Waals surface area contributed by atoms with Crippen molar-refractivity contribution in [2.45, 2.75) is 45.7 Å². The number of hydrogen-bond acceptors (Lipinski definition) is 3. The van der Waals surface area contributed by atoms with Crippen LogP contribution in [0.2, 0.25) is 0 Å². The van der Waals surface area contributed by atoms with E-state index in [1.807, 2.05) is 22.8 Å². The van der Waals surface area contributed by atoms with Crippen LogP contribution in [0.3, 0.4) is 0 Å². The van der Waals surface area contributed by atoms with Crippen LogP contribution in [-0.4, -0.2) is 57.6 Å². The minimum Gasteiger partial charge on any atom is -0.357 e. The number of carbonyl (C=O) groups is 1. The molecule has 2 saturated heterocycles. The number of benzene rings is 1. The third-order valence-electron chi connectivity index (χ3n) is 6.15. The molecule has 166 valence electrons. The van der Waals surface area contributed by atoms with Crippen LogP contribution in [0.25, 0.3) is 0 Å². The van der Waals surface area contributed by atoms with E-state index in [2.05, 4.69) is 52.7 Å². The second-order valence-corrected chi connectivity index (χ2v) is 8.74. The zero-order chi connectivity index (χ0) is 21.6. The zero-order valence-corrected chi connectivity index (χ0v) is 18.8. The van der Waals surface area contributed by atoms with E-state index in [0.29, 0.717) is 25.4 Å². The van der Waals surface area contributed by atoms with Crippen LogP contribution >= 0.6 is 0 Å². The molecule has 7 heteroatoms. The lowest BCUT2D eigenvalue weighted by Crippen LogP contribution is -2.40. The minimum absolute atomic E-state index is 0.271. The minimum atomic E-state index is 0.271. The number of amides is 1. The van der Waals surface area contributed by atoms with Crippen LogP contribution in [0.1, 0.15) is 42.9 Å². The van der Waals surface area contributed by atoms with Gasteiger partial charge in [0.05, 0.1) is 12.7 Å². The van der Waals surface area contributed by atoms with Crippen LogP contribution in [-0.2, 0) is 31.4 Å². The molecule has 1 aromatic heterocycles. The van der Waals surface area contributed by atoms with Gasteiger partial charge in [0.15, 0.2) is 5.96 Å². The summed E-state index contributed by atoms with van der Waals surface area (Å²) in [5, 5.41) is 7.76. The quantitative estimate of drug-likeness (QED) is 0.550. The van der Waals surface area contributed by atoms with Crippen molar-refractivity contribution in [3.05, 3.63) is 53.3 Å². The topological polar surface area (TPSA) is 65.8 Å². The Bertz CT molecular complexity index is 920. The molecule has 2 aromatic rings. The molecule has 2 fully saturated rings. The standard InChI is InChI=1S/C24H34N6O/c1-3-25-24(30-11-9-21(18-30)13-22-15-27-28(2)16-22)26-14-19-6-4-7-20(12-19)17-29-10-5-8-23(29)31/h4,6-7,12,15-16,21H,3,5,8-11,13-14,17-18H2,1-2H3,(H,25,26). The van der Waals surface area contributed by atoms with Crippen LogP contribution in [0.15, 0.2) is 41.7 Å². The Morgan fingerprint density at radius 2 is 2.13 bits per heavy atom. The highest BCUT2D eigenvalue weighted by molar-refractivity contribution is 5.80. The molecule has 1 aromatic carbocycles. The SMILES string of the molecule is CCNC(=NCc1cccc(CN2CCCC2=O)c1)N1CCC(Cc2cnn(C)c2)C1. The number of likely N-dealkylation sites (tertiary alicyclic amines) is 2. The average Bonchev–Trinajstić information content (AvgIpc) is 3.49. The molecular weight excluding hydrogens is 388 g/mol. The molecule has 3 heterocycles. The summed E-state index contributed by atoms with van der Waals surface area (Å²) in [7, 11) is 1.97. The summed E-state index contributed by atoms with van der Waals surface area (Å²) in [6, 6.07) is 8.49. The number of nitrogens with one attached hydrogen (secondary N) is 1. The van der Waals surface area contributed by atoms with E-state index >= 15 is 0 Å². The molecule has 7 nitrogen and oxygen atoms in total. The Labute approximate surface area is 185 Å². The molecule has 0 aliphatic carbocycles. The molecule has 2 aliphatic heterocycles. The van der Waals surface area contributed by atoms with Crippen LogP contribution in [0, 0.1) is 5.92 Å². The molecule has 0 bridgehead atoms. The molecule has 1 atom stereocenters. The van der Waals surface area contributed by atoms with E-state index in [1.54, 1.807) is 0 Å². The van der Waals surface area contributed by atoms with Gasteiger partial charge in [-0.25, -0.2) is 4.99 Å². The molecule has 1 amide bonds. The molecule has 0 radical (unpaired) electrons. The molecule has 31 heavy (non-hydrogen) atoms. The van der Waals surface area contributed by atoms with Crippen molar-refractivity contribution in [3.8, 4) is 0 Å². The lowest BCUT2D eigenvalue weighted by Gasteiger charge is -2.22. The van der Waals surface area contributed by atoms with Crippen molar-refractivity contribution in [2.24, 2.45) is 18.0 Å². The second kappa shape index (κ2) is 9.98. The first-order valence-electron chi connectivity index (χ1n) is 11.5. The highest BCUT2D eigenvalue weighted by atomic mass is 16.2. The molecular formula is C24H34N6O. The number of carbonyl (C=O) groups excluding carboxylic acids is 1. The molecule has 1 unspecified atom stereocenters. The maximum absolute atomic E-state index is 11.9. The molecule has 4 rings (SSSR count). The Morgan fingerprint density at radius 3 is 2.87 bits per heavy atom. The summed E-state index contributed by atoms with van der Waals surface area (Å²) in [4.78, 5) is 21.2. The number of rotatable bonds is 7. The van der Waals surface area contributed by atoms with Crippen molar-refractivity contribution in [1.82, 2.24) is 24.9 Å². The van der Waals surface area contributed by atoms with Crippen molar-refractivity contribution >= 4 is 11.9 Å². The fraction of sp³-hybridized carbons (Fsp3) is 0.542. The fourth-order valence-electron chi connectivity index (χ4n) is 4.61. The number of aryl methyl sites for hydroxylation is 1. The van der Waals surface area contributed by atoms with Gasteiger partial charge < -0.3 is 15.1 Å². The highest BCUT2D eigenvalue weighted by Crippen LogP contribution is 2.21. The van der Waals surface area contributed by atoms with Crippen LogP contribution in [0.4, 0.5) is 0 Å². The number of aromatic nitrogens is 2. The molecule has 0 saturated carbocycles. The fourth-order valence-corrected chi connectivity index (χ4v) is 4.61. The number of hydrogen-bond donors (Lipinski definition) is 1. The summed E-state index contributed by atoms with van der Waals surface area (Å²) >= 11 is 0. The first-order valence-corrected chi connectivity index (χ1v) is 11.5. The summed E-state index contributed by atoms with van der Waals surface area (Å²) in [6.07, 6.45) is 8.01. The van der Waals surface area contributed by atoms with E-state index in [4.69, 9.17) is 4.99 Å². The van der Waals surface area contributed by atoms with E-state index in [1.165, 1.54) is 23.1 Å². The smallest absolute Gasteiger partial charge is 0.222 e. The van der Waals surface area contributed by atoms with Gasteiger partial charge in [0, 0.05) is 52.4 Å². The van der Waals surface area contributed by atoms with Gasteiger partial charge in [-0.3, -0.25) is 9.48 Å². The number of nitrogens with zero attached hydrogens (tertiary/aromatic N) is 5. The van der Waals surface area contributed by atoms with Gasteiger partial charge in [0.2, 0.25) is 5.91 Å². The predicted octanol–water partition coefficient (Wildman–Crippen LogP) is 2.57. The van der Waals surface area contributed by atoms with Crippen molar-refractivity contribution in [1.29, 1.82) is 0 Å². The van der Waals surface area contributed by atoms with Gasteiger partial charge in [0.25, 0.3) is 0 Å². The third kappa shape index (κ3) is 5.66. The first-order chi connectivity index (χ1) is 15.1. The third-order valence-corrected chi connectivity index (χ3v) is 6.15. The van der Waals surface area contributed by atoms with E-state index in [9.17, 15) is 4.79 Å². The van der Waals surface area contributed by atoms with E-state index in [0.717, 1.165) is 45.0 Å². The number of aliphatic imine (C=N–C) groups is 1. The maximum atomic E-state index is 11.9. The largest absolute Gasteiger partial charge is 0.357 e. The van der Waals surface area contributed by atoms with Crippen molar-refractivity contribution < 1.29 is 4.79 Å². The Kier molecular flexibility index (Phi) is 6.89. The monoisotopic (exact) mass is 422 g/mol. The van der Waals surface area contributed by atoms with Gasteiger partial charge in [-0.1, -0.05) is 24.3 Å². The summed E-state index contributed by atoms with van der Waals surface area (Å²) in [5.74, 6) is 1.90. The number of guanidine groups is 1. The van der Waals surface area contributed by atoms with E-state index in [-0.39, 0.29) is 5.91 Å². The predicted molar refractivity (Wildman–Crippen MR) is 123 cm³/mol. The summed E-state index contributed by atoms with van der Waals surface area (Å²) < 4.78 is 1.88. The van der Waals surface area contributed by atoms with Gasteiger partial charge in [-0.2, -0.15) is 5.10 Å². The normalized spacial score (nSPS) is 19.5. The Hall–Kier alpha value is -2.83. The molecule has 2 aliphatic rings. The Balaban J connectivity index is 1.36. The molecule has 1 N–H and O–H groups in total. The van der Waals surface area contributed by atoms with Crippen molar-refractivity contribution in [3.63, 3.8) is 0 Å². The second-order valence-electron chi connectivity index (χ2n) is 8.74.